The van der Waals surface area contributed by atoms with Crippen LogP contribution in [0.3, 0.4) is 0 Å². The van der Waals surface area contributed by atoms with Gasteiger partial charge in [0.1, 0.15) is 0 Å². The highest BCUT2D eigenvalue weighted by Crippen LogP contribution is 2.47. The molecule has 0 aromatic carbocycles. The van der Waals surface area contributed by atoms with Crippen molar-refractivity contribution in [2.75, 3.05) is 13.1 Å². The first-order valence-corrected chi connectivity index (χ1v) is 13.4. The van der Waals surface area contributed by atoms with Crippen LogP contribution in [0.4, 0.5) is 0 Å². The lowest BCUT2D eigenvalue weighted by Crippen LogP contribution is -2.46. The average molecular weight is 463 g/mol. The number of fused-ring (bicyclic) bond motifs is 1. The Morgan fingerprint density at radius 1 is 1.24 bits per heavy atom. The van der Waals surface area contributed by atoms with Gasteiger partial charge < -0.3 is 20.4 Å². The summed E-state index contributed by atoms with van der Waals surface area (Å²) < 4.78 is 0. The summed E-state index contributed by atoms with van der Waals surface area (Å²) in [5, 5.41) is 24.4. The Balaban J connectivity index is 1.77. The summed E-state index contributed by atoms with van der Waals surface area (Å²) in [4.78, 5) is 14.4. The molecule has 5 heteroatoms. The minimum absolute atomic E-state index is 0.129. The van der Waals surface area contributed by atoms with Crippen LogP contribution in [0.15, 0.2) is 23.8 Å². The van der Waals surface area contributed by atoms with Gasteiger partial charge in [-0.05, 0) is 77.7 Å². The Hall–Kier alpha value is -1.17. The number of hydrogen-bond acceptors (Lipinski definition) is 4. The molecule has 0 unspecified atom stereocenters. The van der Waals surface area contributed by atoms with E-state index in [-0.39, 0.29) is 30.0 Å². The van der Waals surface area contributed by atoms with Crippen molar-refractivity contribution in [2.45, 2.75) is 111 Å². The van der Waals surface area contributed by atoms with Crippen LogP contribution in [0.25, 0.3) is 0 Å². The second-order valence-electron chi connectivity index (χ2n) is 11.1. The van der Waals surface area contributed by atoms with Gasteiger partial charge in [-0.25, -0.2) is 0 Å². The van der Waals surface area contributed by atoms with E-state index in [1.807, 2.05) is 11.0 Å². The Morgan fingerprint density at radius 3 is 2.58 bits per heavy atom. The van der Waals surface area contributed by atoms with Crippen LogP contribution in [0.1, 0.15) is 86.5 Å². The van der Waals surface area contributed by atoms with Gasteiger partial charge in [-0.3, -0.25) is 4.79 Å². The average Bonchev–Trinajstić information content (AvgIpc) is 3.23. The van der Waals surface area contributed by atoms with Crippen molar-refractivity contribution in [1.29, 1.82) is 0 Å². The zero-order valence-corrected chi connectivity index (χ0v) is 22.0. The van der Waals surface area contributed by atoms with Gasteiger partial charge in [-0.2, -0.15) is 0 Å². The molecule has 0 heterocycles. The van der Waals surface area contributed by atoms with E-state index in [2.05, 4.69) is 59.0 Å². The summed E-state index contributed by atoms with van der Waals surface area (Å²) in [7, 11) is 0. The molecule has 0 bridgehead atoms. The van der Waals surface area contributed by atoms with E-state index in [0.717, 1.165) is 38.6 Å². The number of aliphatic hydroxyl groups is 2. The first-order chi connectivity index (χ1) is 15.6. The van der Waals surface area contributed by atoms with Crippen molar-refractivity contribution in [2.24, 2.45) is 23.7 Å². The molecule has 33 heavy (non-hydrogen) atoms. The van der Waals surface area contributed by atoms with Crippen LogP contribution >= 0.6 is 0 Å². The highest BCUT2D eigenvalue weighted by Gasteiger charge is 2.43. The smallest absolute Gasteiger partial charge is 0.236 e. The lowest BCUT2D eigenvalue weighted by Gasteiger charge is -2.31. The number of amides is 1. The molecule has 3 N–H and O–H groups in total. The molecule has 2 aliphatic carbocycles. The van der Waals surface area contributed by atoms with Crippen molar-refractivity contribution < 1.29 is 15.0 Å². The molecule has 2 aliphatic rings. The lowest BCUT2D eigenvalue weighted by atomic mass is 9.88. The lowest BCUT2D eigenvalue weighted by molar-refractivity contribution is -0.133. The summed E-state index contributed by atoms with van der Waals surface area (Å²) >= 11 is 0. The number of unbranched alkanes of at least 4 members (excludes halogenated alkanes) is 1. The topological polar surface area (TPSA) is 72.8 Å². The molecule has 0 aromatic heterocycles. The molecular weight excluding hydrogens is 412 g/mol. The predicted octanol–water partition coefficient (Wildman–Crippen LogP) is 4.69. The maximum atomic E-state index is 12.5. The number of nitrogens with one attached hydrogen (secondary N) is 1. The highest BCUT2D eigenvalue weighted by molar-refractivity contribution is 5.78. The third-order valence-corrected chi connectivity index (χ3v) is 7.50. The summed E-state index contributed by atoms with van der Waals surface area (Å²) in [5.74, 6) is 1.69. The van der Waals surface area contributed by atoms with Crippen LogP contribution in [0.5, 0.6) is 0 Å². The van der Waals surface area contributed by atoms with Gasteiger partial charge in [0, 0.05) is 18.0 Å². The van der Waals surface area contributed by atoms with Crippen molar-refractivity contribution in [1.82, 2.24) is 10.2 Å². The minimum atomic E-state index is -0.421. The molecule has 1 saturated carbocycles. The fourth-order valence-electron chi connectivity index (χ4n) is 5.92. The molecule has 0 spiro atoms. The fraction of sp³-hybridized carbons (Fsp3) is 0.821. The normalized spacial score (nSPS) is 26.8. The van der Waals surface area contributed by atoms with Crippen LogP contribution in [0, 0.1) is 23.7 Å². The monoisotopic (exact) mass is 462 g/mol. The second kappa shape index (κ2) is 13.7. The van der Waals surface area contributed by atoms with Gasteiger partial charge >= 0.3 is 0 Å². The number of hydrogen-bond donors (Lipinski definition) is 3. The van der Waals surface area contributed by atoms with Gasteiger partial charge in [0.2, 0.25) is 5.91 Å². The van der Waals surface area contributed by atoms with E-state index in [1.54, 1.807) is 0 Å². The SMILES string of the molecule is CCCC[C@H](C)C[C@H](O)/C=C/[C@@H]1[C@H]2CC(CCNCC(=O)N(C(C)C)C(C)C)=C[C@H]2C[C@H]1O. The van der Waals surface area contributed by atoms with Crippen molar-refractivity contribution in [3.8, 4) is 0 Å². The molecular formula is C28H50N2O3. The largest absolute Gasteiger partial charge is 0.392 e. The molecule has 0 saturated heterocycles. The third-order valence-electron chi connectivity index (χ3n) is 7.50. The van der Waals surface area contributed by atoms with Gasteiger partial charge in [0.25, 0.3) is 0 Å². The molecule has 0 radical (unpaired) electrons. The Kier molecular flexibility index (Phi) is 11.6. The maximum absolute atomic E-state index is 12.5. The van der Waals surface area contributed by atoms with E-state index in [0.29, 0.717) is 24.3 Å². The molecule has 0 aliphatic heterocycles. The van der Waals surface area contributed by atoms with E-state index >= 15 is 0 Å². The Bertz CT molecular complexity index is 650. The van der Waals surface area contributed by atoms with Crippen molar-refractivity contribution in [3.63, 3.8) is 0 Å². The molecule has 5 nitrogen and oxygen atoms in total. The van der Waals surface area contributed by atoms with E-state index in [9.17, 15) is 15.0 Å². The van der Waals surface area contributed by atoms with Crippen LogP contribution in [0.2, 0.25) is 0 Å². The zero-order chi connectivity index (χ0) is 24.5. The third kappa shape index (κ3) is 8.52. The summed E-state index contributed by atoms with van der Waals surface area (Å²) in [5.41, 5.74) is 1.44. The number of allylic oxidation sites excluding steroid dienone is 1. The molecule has 1 amide bonds. The number of nitrogens with zero attached hydrogens (tertiary/aromatic N) is 1. The van der Waals surface area contributed by atoms with Gasteiger partial charge in [-0.1, -0.05) is 56.9 Å². The molecule has 2 rings (SSSR count). The Morgan fingerprint density at radius 2 is 1.94 bits per heavy atom. The summed E-state index contributed by atoms with van der Waals surface area (Å²) in [6, 6.07) is 0.427. The quantitative estimate of drug-likeness (QED) is 0.259. The zero-order valence-electron chi connectivity index (χ0n) is 22.0. The molecule has 1 fully saturated rings. The fourth-order valence-corrected chi connectivity index (χ4v) is 5.92. The Labute approximate surface area is 202 Å². The first-order valence-electron chi connectivity index (χ1n) is 13.4. The van der Waals surface area contributed by atoms with E-state index in [1.165, 1.54) is 18.4 Å². The van der Waals surface area contributed by atoms with Gasteiger partial charge in [0.15, 0.2) is 0 Å². The molecule has 190 valence electrons. The van der Waals surface area contributed by atoms with E-state index < -0.39 is 6.10 Å². The van der Waals surface area contributed by atoms with Gasteiger partial charge in [0.05, 0.1) is 18.8 Å². The van der Waals surface area contributed by atoms with E-state index in [4.69, 9.17) is 0 Å². The number of carbonyl (C=O) groups is 1. The second-order valence-corrected chi connectivity index (χ2v) is 11.1. The predicted molar refractivity (Wildman–Crippen MR) is 137 cm³/mol. The standard InChI is InChI=1S/C28H50N2O3/c1-7-8-9-21(6)14-24(31)10-11-25-26-16-22(15-23(26)17-27(25)32)12-13-29-18-28(33)30(19(2)3)20(4)5/h10-11,15,19-21,23-27,29,31-32H,7-9,12-14,16-18H2,1-6H3/b11-10+/t21-,23-,24+,25+,26-,27+/m0/s1. The highest BCUT2D eigenvalue weighted by atomic mass is 16.3. The number of aliphatic hydroxyl groups excluding tert-OH is 2. The minimum Gasteiger partial charge on any atom is -0.392 e. The van der Waals surface area contributed by atoms with Gasteiger partial charge in [-0.15, -0.1) is 0 Å². The van der Waals surface area contributed by atoms with Crippen molar-refractivity contribution in [3.05, 3.63) is 23.8 Å². The van der Waals surface area contributed by atoms with Crippen LogP contribution in [-0.2, 0) is 4.79 Å². The summed E-state index contributed by atoms with van der Waals surface area (Å²) in [6.45, 7) is 13.8. The van der Waals surface area contributed by atoms with Crippen LogP contribution in [-0.4, -0.2) is 58.4 Å². The number of carbonyl (C=O) groups excluding carboxylic acids is 1. The van der Waals surface area contributed by atoms with Crippen molar-refractivity contribution >= 4 is 5.91 Å². The first kappa shape index (κ1) is 28.1. The summed E-state index contributed by atoms with van der Waals surface area (Å²) in [6.07, 6.45) is 12.8. The number of rotatable bonds is 14. The maximum Gasteiger partial charge on any atom is 0.236 e. The van der Waals surface area contributed by atoms with Crippen LogP contribution < -0.4 is 5.32 Å². The molecule has 6 atom stereocenters. The molecule has 0 aromatic rings.